The Morgan fingerprint density at radius 3 is 2.18 bits per heavy atom. The molecule has 0 aromatic heterocycles. The van der Waals surface area contributed by atoms with Crippen molar-refractivity contribution in [2.45, 2.75) is 20.8 Å². The minimum absolute atomic E-state index is 0.208. The Balaban J connectivity index is 1.55. The van der Waals surface area contributed by atoms with Gasteiger partial charge in [-0.3, -0.25) is 14.4 Å². The molecule has 0 atom stereocenters. The normalized spacial score (nSPS) is 10.5. The van der Waals surface area contributed by atoms with E-state index in [1.54, 1.807) is 42.5 Å². The van der Waals surface area contributed by atoms with Crippen molar-refractivity contribution in [3.63, 3.8) is 0 Å². The van der Waals surface area contributed by atoms with Gasteiger partial charge in [-0.05, 0) is 92.1 Å². The van der Waals surface area contributed by atoms with E-state index in [0.29, 0.717) is 40.8 Å². The summed E-state index contributed by atoms with van der Waals surface area (Å²) in [6.45, 7) is 5.90. The Morgan fingerprint density at radius 2 is 1.53 bits per heavy atom. The zero-order valence-corrected chi connectivity index (χ0v) is 21.7. The summed E-state index contributed by atoms with van der Waals surface area (Å²) in [6.07, 6.45) is 1.36. The molecule has 10 heteroatoms. The van der Waals surface area contributed by atoms with Crippen molar-refractivity contribution in [2.24, 2.45) is 5.10 Å². The fraction of sp³-hybridized carbons (Fsp3) is 0.214. The van der Waals surface area contributed by atoms with Crippen LogP contribution < -0.4 is 30.3 Å². The maximum atomic E-state index is 12.4. The van der Waals surface area contributed by atoms with Crippen molar-refractivity contribution in [3.8, 4) is 17.2 Å². The Morgan fingerprint density at radius 1 is 0.816 bits per heavy atom. The topological polar surface area (TPSA) is 127 Å². The van der Waals surface area contributed by atoms with Crippen LogP contribution >= 0.6 is 0 Å². The highest BCUT2D eigenvalue weighted by Gasteiger charge is 2.13. The van der Waals surface area contributed by atoms with Gasteiger partial charge in [0.25, 0.3) is 5.91 Å². The van der Waals surface area contributed by atoms with E-state index in [1.807, 2.05) is 39.0 Å². The van der Waals surface area contributed by atoms with Crippen LogP contribution in [0.4, 0.5) is 11.4 Å². The molecule has 0 heterocycles. The van der Waals surface area contributed by atoms with E-state index in [9.17, 15) is 14.4 Å². The molecule has 198 valence electrons. The molecule has 10 nitrogen and oxygen atoms in total. The summed E-state index contributed by atoms with van der Waals surface area (Å²) < 4.78 is 16.4. The lowest BCUT2D eigenvalue weighted by Gasteiger charge is -2.13. The zero-order chi connectivity index (χ0) is 27.5. The smallest absolute Gasteiger partial charge is 0.329 e. The Hall–Kier alpha value is -4.86. The Bertz CT molecular complexity index is 1300. The van der Waals surface area contributed by atoms with Gasteiger partial charge in [0, 0.05) is 11.4 Å². The van der Waals surface area contributed by atoms with E-state index in [0.717, 1.165) is 11.1 Å². The monoisotopic (exact) mass is 518 g/mol. The maximum Gasteiger partial charge on any atom is 0.329 e. The quantitative estimate of drug-likeness (QED) is 0.213. The molecular formula is C28H30N4O6. The first-order valence-corrected chi connectivity index (χ1v) is 11.8. The minimum Gasteiger partial charge on any atom is -0.497 e. The molecule has 0 fully saturated rings. The van der Waals surface area contributed by atoms with Crippen molar-refractivity contribution in [1.82, 2.24) is 5.43 Å². The van der Waals surface area contributed by atoms with Crippen LogP contribution in [0.1, 0.15) is 23.6 Å². The van der Waals surface area contributed by atoms with Crippen LogP contribution in [0.2, 0.25) is 0 Å². The summed E-state index contributed by atoms with van der Waals surface area (Å²) >= 11 is 0. The summed E-state index contributed by atoms with van der Waals surface area (Å²) in [5.41, 5.74) is 6.00. The molecule has 3 amide bonds. The van der Waals surface area contributed by atoms with Gasteiger partial charge in [-0.25, -0.2) is 5.43 Å². The van der Waals surface area contributed by atoms with Crippen molar-refractivity contribution in [1.29, 1.82) is 0 Å². The van der Waals surface area contributed by atoms with Gasteiger partial charge in [0.15, 0.2) is 18.1 Å². The number of ether oxygens (including phenoxy) is 3. The standard InChI is InChI=1S/C28H30N4O6/c1-5-37-25-15-20(16-29-32-28(35)27(34)31-21-7-9-23(36-4)10-8-21)6-11-24(25)38-17-26(33)30-22-13-18(2)12-19(3)14-22/h6-16H,5,17H2,1-4H3,(H,30,33)(H,31,34)(H,32,35)/b29-16-. The van der Waals surface area contributed by atoms with Crippen LogP contribution in [-0.2, 0) is 14.4 Å². The number of benzene rings is 3. The fourth-order valence-corrected chi connectivity index (χ4v) is 3.46. The molecule has 0 spiro atoms. The summed E-state index contributed by atoms with van der Waals surface area (Å²) in [5, 5.41) is 9.12. The number of carbonyl (C=O) groups excluding carboxylic acids is 3. The number of hydrazone groups is 1. The molecule has 0 saturated heterocycles. The molecule has 0 bridgehead atoms. The van der Waals surface area contributed by atoms with Crippen LogP contribution in [0, 0.1) is 13.8 Å². The number of rotatable bonds is 10. The van der Waals surface area contributed by atoms with Crippen LogP contribution in [0.15, 0.2) is 65.8 Å². The number of aryl methyl sites for hydroxylation is 2. The number of anilines is 2. The number of hydrogen-bond acceptors (Lipinski definition) is 7. The summed E-state index contributed by atoms with van der Waals surface area (Å²) in [5.74, 6) is -0.706. The Labute approximate surface area is 221 Å². The van der Waals surface area contributed by atoms with Crippen LogP contribution in [0.5, 0.6) is 17.2 Å². The van der Waals surface area contributed by atoms with Gasteiger partial charge in [0.05, 0.1) is 19.9 Å². The van der Waals surface area contributed by atoms with Gasteiger partial charge in [0.2, 0.25) is 0 Å². The van der Waals surface area contributed by atoms with Gasteiger partial charge < -0.3 is 24.8 Å². The lowest BCUT2D eigenvalue weighted by Crippen LogP contribution is -2.32. The third-order valence-electron chi connectivity index (χ3n) is 5.07. The highest BCUT2D eigenvalue weighted by atomic mass is 16.5. The number of amides is 3. The first-order valence-electron chi connectivity index (χ1n) is 11.8. The minimum atomic E-state index is -0.933. The first-order chi connectivity index (χ1) is 18.3. The predicted molar refractivity (Wildman–Crippen MR) is 145 cm³/mol. The summed E-state index contributed by atoms with van der Waals surface area (Å²) in [6, 6.07) is 17.3. The Kier molecular flexibility index (Phi) is 9.81. The summed E-state index contributed by atoms with van der Waals surface area (Å²) in [4.78, 5) is 36.5. The molecule has 0 aliphatic heterocycles. The second-order valence-electron chi connectivity index (χ2n) is 8.23. The van der Waals surface area contributed by atoms with Crippen LogP contribution in [0.3, 0.4) is 0 Å². The van der Waals surface area contributed by atoms with E-state index in [4.69, 9.17) is 14.2 Å². The molecule has 3 N–H and O–H groups in total. The zero-order valence-electron chi connectivity index (χ0n) is 21.7. The lowest BCUT2D eigenvalue weighted by atomic mass is 10.1. The SMILES string of the molecule is CCOc1cc(/C=N\NC(=O)C(=O)Nc2ccc(OC)cc2)ccc1OCC(=O)Nc1cc(C)cc(C)c1. The van der Waals surface area contributed by atoms with Gasteiger partial charge in [-0.2, -0.15) is 5.10 Å². The van der Waals surface area contributed by atoms with Crippen molar-refractivity contribution < 1.29 is 28.6 Å². The van der Waals surface area contributed by atoms with Crippen molar-refractivity contribution in [3.05, 3.63) is 77.4 Å². The van der Waals surface area contributed by atoms with Gasteiger partial charge in [-0.1, -0.05) is 6.07 Å². The number of nitrogens with zero attached hydrogens (tertiary/aromatic N) is 1. The molecule has 0 aliphatic carbocycles. The van der Waals surface area contributed by atoms with Gasteiger partial charge >= 0.3 is 11.8 Å². The number of hydrogen-bond donors (Lipinski definition) is 3. The average Bonchev–Trinajstić information content (AvgIpc) is 2.88. The largest absolute Gasteiger partial charge is 0.497 e. The van der Waals surface area contributed by atoms with Crippen molar-refractivity contribution >= 4 is 35.3 Å². The van der Waals surface area contributed by atoms with E-state index < -0.39 is 11.8 Å². The van der Waals surface area contributed by atoms with Gasteiger partial charge in [-0.15, -0.1) is 0 Å². The molecule has 3 rings (SSSR count). The first kappa shape index (κ1) is 27.7. The van der Waals surface area contributed by atoms with E-state index >= 15 is 0 Å². The number of nitrogens with one attached hydrogen (secondary N) is 3. The van der Waals surface area contributed by atoms with Crippen LogP contribution in [-0.4, -0.2) is 44.3 Å². The van der Waals surface area contributed by atoms with Crippen LogP contribution in [0.25, 0.3) is 0 Å². The molecule has 3 aromatic rings. The number of carbonyl (C=O) groups is 3. The van der Waals surface area contributed by atoms with E-state index in [2.05, 4.69) is 21.2 Å². The predicted octanol–water partition coefficient (Wildman–Crippen LogP) is 3.82. The lowest BCUT2D eigenvalue weighted by molar-refractivity contribution is -0.136. The van der Waals surface area contributed by atoms with E-state index in [-0.39, 0.29) is 12.5 Å². The van der Waals surface area contributed by atoms with Crippen molar-refractivity contribution in [2.75, 3.05) is 31.0 Å². The number of methoxy groups -OCH3 is 1. The maximum absolute atomic E-state index is 12.4. The highest BCUT2D eigenvalue weighted by Crippen LogP contribution is 2.28. The molecule has 0 radical (unpaired) electrons. The second kappa shape index (κ2) is 13.4. The third kappa shape index (κ3) is 8.37. The molecule has 0 saturated carbocycles. The molecule has 3 aromatic carbocycles. The average molecular weight is 519 g/mol. The van der Waals surface area contributed by atoms with E-state index in [1.165, 1.54) is 13.3 Å². The molecule has 38 heavy (non-hydrogen) atoms. The second-order valence-corrected chi connectivity index (χ2v) is 8.23. The summed E-state index contributed by atoms with van der Waals surface area (Å²) in [7, 11) is 1.53. The fourth-order valence-electron chi connectivity index (χ4n) is 3.46. The third-order valence-corrected chi connectivity index (χ3v) is 5.07. The molecular weight excluding hydrogens is 488 g/mol. The van der Waals surface area contributed by atoms with Gasteiger partial charge in [0.1, 0.15) is 5.75 Å². The highest BCUT2D eigenvalue weighted by molar-refractivity contribution is 6.39. The molecule has 0 aliphatic rings. The molecule has 0 unspecified atom stereocenters.